The molecular weight excluding hydrogens is 220 g/mol. The van der Waals surface area contributed by atoms with Gasteiger partial charge in [-0.2, -0.15) is 0 Å². The fourth-order valence-corrected chi connectivity index (χ4v) is 3.32. The summed E-state index contributed by atoms with van der Waals surface area (Å²) in [5.74, 6) is 1.65. The lowest BCUT2D eigenvalue weighted by molar-refractivity contribution is 0.0838. The molecule has 0 bridgehead atoms. The van der Waals surface area contributed by atoms with E-state index >= 15 is 0 Å². The first kappa shape index (κ1) is 14.3. The maximum atomic E-state index is 3.74. The predicted molar refractivity (Wildman–Crippen MR) is 78.8 cm³/mol. The first-order valence-corrected chi connectivity index (χ1v) is 7.96. The molecule has 1 saturated heterocycles. The molecule has 3 unspecified atom stereocenters. The van der Waals surface area contributed by atoms with Crippen molar-refractivity contribution in [2.45, 2.75) is 66.0 Å². The normalized spacial score (nSPS) is 33.7. The Hall–Kier alpha value is -0.0800. The largest absolute Gasteiger partial charge is 0.311 e. The summed E-state index contributed by atoms with van der Waals surface area (Å²) in [5.41, 5.74) is 0.658. The van der Waals surface area contributed by atoms with Gasteiger partial charge in [0.15, 0.2) is 0 Å². The molecule has 0 amide bonds. The molecule has 1 saturated carbocycles. The van der Waals surface area contributed by atoms with Crippen molar-refractivity contribution in [1.82, 2.24) is 10.2 Å². The van der Waals surface area contributed by atoms with Gasteiger partial charge in [0.25, 0.3) is 0 Å². The lowest BCUT2D eigenvalue weighted by Gasteiger charge is -2.43. The molecular formula is C16H32N2. The van der Waals surface area contributed by atoms with Crippen molar-refractivity contribution in [3.63, 3.8) is 0 Å². The van der Waals surface area contributed by atoms with Gasteiger partial charge in [-0.25, -0.2) is 0 Å². The van der Waals surface area contributed by atoms with Crippen molar-refractivity contribution in [1.29, 1.82) is 0 Å². The Morgan fingerprint density at radius 2 is 1.94 bits per heavy atom. The fraction of sp³-hybridized carbons (Fsp3) is 1.00. The standard InChI is InChI=1S/C16H32N2/c1-6-13(4)15-10-18(14(5)9-17-15)11-16(7-8-16)12(2)3/h12-15,17H,6-11H2,1-5H3. The van der Waals surface area contributed by atoms with Crippen LogP contribution in [-0.2, 0) is 0 Å². The third-order valence-electron chi connectivity index (χ3n) is 5.70. The number of nitrogens with zero attached hydrogens (tertiary/aromatic N) is 1. The number of hydrogen-bond donors (Lipinski definition) is 1. The highest BCUT2D eigenvalue weighted by Crippen LogP contribution is 2.52. The molecule has 106 valence electrons. The highest BCUT2D eigenvalue weighted by atomic mass is 15.2. The molecule has 1 aliphatic carbocycles. The van der Waals surface area contributed by atoms with E-state index in [2.05, 4.69) is 44.8 Å². The Labute approximate surface area is 114 Å². The van der Waals surface area contributed by atoms with E-state index in [0.29, 0.717) is 17.5 Å². The fourth-order valence-electron chi connectivity index (χ4n) is 3.32. The number of piperazine rings is 1. The predicted octanol–water partition coefficient (Wildman–Crippen LogP) is 3.13. The van der Waals surface area contributed by atoms with Crippen LogP contribution in [0.2, 0.25) is 0 Å². The SMILES string of the molecule is CCC(C)C1CN(CC2(C(C)C)CC2)C(C)CN1. The van der Waals surface area contributed by atoms with Gasteiger partial charge in [0.05, 0.1) is 0 Å². The van der Waals surface area contributed by atoms with Crippen molar-refractivity contribution in [3.05, 3.63) is 0 Å². The van der Waals surface area contributed by atoms with Gasteiger partial charge in [0.2, 0.25) is 0 Å². The summed E-state index contributed by atoms with van der Waals surface area (Å²) in [4.78, 5) is 2.76. The Morgan fingerprint density at radius 1 is 1.28 bits per heavy atom. The van der Waals surface area contributed by atoms with E-state index in [1.165, 1.54) is 38.9 Å². The molecule has 2 rings (SSSR count). The van der Waals surface area contributed by atoms with E-state index in [1.807, 2.05) is 0 Å². The molecule has 1 N–H and O–H groups in total. The quantitative estimate of drug-likeness (QED) is 0.809. The third kappa shape index (κ3) is 2.91. The van der Waals surface area contributed by atoms with Gasteiger partial charge < -0.3 is 5.32 Å². The van der Waals surface area contributed by atoms with Gasteiger partial charge in [-0.1, -0.05) is 34.1 Å². The minimum absolute atomic E-state index is 0.658. The Kier molecular flexibility index (Phi) is 4.38. The summed E-state index contributed by atoms with van der Waals surface area (Å²) >= 11 is 0. The van der Waals surface area contributed by atoms with Crippen molar-refractivity contribution < 1.29 is 0 Å². The van der Waals surface area contributed by atoms with Crippen LogP contribution in [0.15, 0.2) is 0 Å². The molecule has 0 aromatic heterocycles. The second kappa shape index (κ2) is 5.50. The highest BCUT2D eigenvalue weighted by molar-refractivity contribution is 5.00. The second-order valence-corrected chi connectivity index (χ2v) is 7.20. The van der Waals surface area contributed by atoms with Gasteiger partial charge >= 0.3 is 0 Å². The van der Waals surface area contributed by atoms with Crippen LogP contribution in [-0.4, -0.2) is 36.6 Å². The molecule has 3 atom stereocenters. The van der Waals surface area contributed by atoms with Crippen molar-refractivity contribution in [2.24, 2.45) is 17.3 Å². The van der Waals surface area contributed by atoms with E-state index in [-0.39, 0.29) is 0 Å². The van der Waals surface area contributed by atoms with Gasteiger partial charge in [0.1, 0.15) is 0 Å². The van der Waals surface area contributed by atoms with Crippen LogP contribution in [0.1, 0.15) is 53.9 Å². The number of hydrogen-bond acceptors (Lipinski definition) is 2. The van der Waals surface area contributed by atoms with Crippen LogP contribution >= 0.6 is 0 Å². The average molecular weight is 252 g/mol. The molecule has 1 aliphatic heterocycles. The summed E-state index contributed by atoms with van der Waals surface area (Å²) in [7, 11) is 0. The molecule has 18 heavy (non-hydrogen) atoms. The topological polar surface area (TPSA) is 15.3 Å². The van der Waals surface area contributed by atoms with E-state index in [1.54, 1.807) is 0 Å². The van der Waals surface area contributed by atoms with Crippen molar-refractivity contribution >= 4 is 0 Å². The lowest BCUT2D eigenvalue weighted by Crippen LogP contribution is -2.58. The van der Waals surface area contributed by atoms with Gasteiger partial charge in [0, 0.05) is 31.7 Å². The minimum Gasteiger partial charge on any atom is -0.311 e. The van der Waals surface area contributed by atoms with E-state index in [0.717, 1.165) is 11.8 Å². The molecule has 2 aliphatic rings. The third-order valence-corrected chi connectivity index (χ3v) is 5.70. The summed E-state index contributed by atoms with van der Waals surface area (Å²) in [6.45, 7) is 15.7. The zero-order valence-electron chi connectivity index (χ0n) is 13.0. The summed E-state index contributed by atoms with van der Waals surface area (Å²) in [6.07, 6.45) is 4.19. The van der Waals surface area contributed by atoms with Crippen LogP contribution in [0.3, 0.4) is 0 Å². The van der Waals surface area contributed by atoms with Crippen LogP contribution < -0.4 is 5.32 Å². The van der Waals surface area contributed by atoms with Crippen LogP contribution in [0.4, 0.5) is 0 Å². The first-order valence-electron chi connectivity index (χ1n) is 7.96. The number of nitrogens with one attached hydrogen (secondary N) is 1. The van der Waals surface area contributed by atoms with Gasteiger partial charge in [-0.05, 0) is 37.0 Å². The monoisotopic (exact) mass is 252 g/mol. The summed E-state index contributed by atoms with van der Waals surface area (Å²) in [6, 6.07) is 1.41. The average Bonchev–Trinajstić information content (AvgIpc) is 3.12. The molecule has 0 radical (unpaired) electrons. The molecule has 2 fully saturated rings. The smallest absolute Gasteiger partial charge is 0.0221 e. The first-order chi connectivity index (χ1) is 8.48. The van der Waals surface area contributed by atoms with E-state index in [9.17, 15) is 0 Å². The molecule has 0 spiro atoms. The maximum Gasteiger partial charge on any atom is 0.0221 e. The summed E-state index contributed by atoms with van der Waals surface area (Å²) < 4.78 is 0. The molecule has 0 aromatic rings. The van der Waals surface area contributed by atoms with Crippen LogP contribution in [0.5, 0.6) is 0 Å². The molecule has 2 nitrogen and oxygen atoms in total. The molecule has 1 heterocycles. The van der Waals surface area contributed by atoms with Crippen molar-refractivity contribution in [3.8, 4) is 0 Å². The Morgan fingerprint density at radius 3 is 2.44 bits per heavy atom. The Balaban J connectivity index is 1.94. The zero-order chi connectivity index (χ0) is 13.3. The van der Waals surface area contributed by atoms with E-state index in [4.69, 9.17) is 0 Å². The Bertz CT molecular complexity index is 270. The molecule has 2 heteroatoms. The van der Waals surface area contributed by atoms with Gasteiger partial charge in [-0.3, -0.25) is 4.90 Å². The van der Waals surface area contributed by atoms with Crippen molar-refractivity contribution in [2.75, 3.05) is 19.6 Å². The summed E-state index contributed by atoms with van der Waals surface area (Å²) in [5, 5.41) is 3.74. The molecule has 0 aromatic carbocycles. The van der Waals surface area contributed by atoms with Gasteiger partial charge in [-0.15, -0.1) is 0 Å². The van der Waals surface area contributed by atoms with Crippen LogP contribution in [0, 0.1) is 17.3 Å². The highest BCUT2D eigenvalue weighted by Gasteiger charge is 2.47. The lowest BCUT2D eigenvalue weighted by atomic mass is 9.89. The number of rotatable bonds is 5. The minimum atomic E-state index is 0.658. The van der Waals surface area contributed by atoms with Crippen LogP contribution in [0.25, 0.3) is 0 Å². The van der Waals surface area contributed by atoms with E-state index < -0.39 is 0 Å². The second-order valence-electron chi connectivity index (χ2n) is 7.20. The zero-order valence-corrected chi connectivity index (χ0v) is 13.0. The maximum absolute atomic E-state index is 3.74.